The lowest BCUT2D eigenvalue weighted by atomic mass is 10.0. The first-order valence-electron chi connectivity index (χ1n) is 10.3. The number of likely N-dealkylation sites (tertiary alicyclic amines) is 1. The van der Waals surface area contributed by atoms with E-state index in [0.717, 1.165) is 42.7 Å². The molecule has 1 aliphatic rings. The average molecular weight is 405 g/mol. The van der Waals surface area contributed by atoms with Crippen LogP contribution in [0.3, 0.4) is 0 Å². The van der Waals surface area contributed by atoms with Gasteiger partial charge in [-0.3, -0.25) is 4.79 Å². The second-order valence-electron chi connectivity index (χ2n) is 7.46. The minimum absolute atomic E-state index is 0.0116. The standard InChI is InChI=1S/C24H27N3O3/c1-29-20-14-12-18(13-15-20)21-11-7-4-8-16-26(21)24(28)23-22(30-2)17-27(25-23)19-9-5-3-6-10-19/h3,5-6,9-10,12-15,17,21H,4,7-8,11,16H2,1-2H3. The van der Waals surface area contributed by atoms with Crippen molar-refractivity contribution < 1.29 is 14.3 Å². The van der Waals surface area contributed by atoms with Crippen LogP contribution in [0, 0.1) is 0 Å². The van der Waals surface area contributed by atoms with Crippen molar-refractivity contribution in [3.05, 3.63) is 72.1 Å². The van der Waals surface area contributed by atoms with Gasteiger partial charge in [-0.2, -0.15) is 5.10 Å². The zero-order valence-electron chi connectivity index (χ0n) is 17.5. The molecule has 3 aromatic rings. The Morgan fingerprint density at radius 3 is 2.43 bits per heavy atom. The van der Waals surface area contributed by atoms with Crippen molar-refractivity contribution in [3.8, 4) is 17.2 Å². The maximum absolute atomic E-state index is 13.6. The first kappa shape index (κ1) is 20.0. The van der Waals surface area contributed by atoms with Gasteiger partial charge in [-0.15, -0.1) is 0 Å². The van der Waals surface area contributed by atoms with Gasteiger partial charge in [-0.05, 0) is 42.7 Å². The van der Waals surface area contributed by atoms with Gasteiger partial charge in [0.05, 0.1) is 32.1 Å². The van der Waals surface area contributed by atoms with Crippen LogP contribution >= 0.6 is 0 Å². The highest BCUT2D eigenvalue weighted by Crippen LogP contribution is 2.33. The number of amides is 1. The second-order valence-corrected chi connectivity index (χ2v) is 7.46. The highest BCUT2D eigenvalue weighted by molar-refractivity contribution is 5.95. The van der Waals surface area contributed by atoms with E-state index in [-0.39, 0.29) is 11.9 Å². The van der Waals surface area contributed by atoms with Gasteiger partial charge < -0.3 is 14.4 Å². The van der Waals surface area contributed by atoms with Crippen molar-refractivity contribution in [1.29, 1.82) is 0 Å². The summed E-state index contributed by atoms with van der Waals surface area (Å²) in [5.74, 6) is 1.21. The zero-order chi connectivity index (χ0) is 20.9. The molecule has 6 heteroatoms. The van der Waals surface area contributed by atoms with Crippen molar-refractivity contribution in [2.45, 2.75) is 31.7 Å². The summed E-state index contributed by atoms with van der Waals surface area (Å²) in [5.41, 5.74) is 2.35. The van der Waals surface area contributed by atoms with E-state index >= 15 is 0 Å². The van der Waals surface area contributed by atoms with E-state index in [1.165, 1.54) is 0 Å². The van der Waals surface area contributed by atoms with Gasteiger partial charge in [-0.25, -0.2) is 4.68 Å². The van der Waals surface area contributed by atoms with Crippen LogP contribution < -0.4 is 9.47 Å². The maximum atomic E-state index is 13.6. The number of aromatic nitrogens is 2. The molecule has 6 nitrogen and oxygen atoms in total. The molecule has 1 atom stereocenters. The molecular formula is C24H27N3O3. The van der Waals surface area contributed by atoms with Gasteiger partial charge >= 0.3 is 0 Å². The van der Waals surface area contributed by atoms with E-state index in [9.17, 15) is 4.79 Å². The van der Waals surface area contributed by atoms with Crippen LogP contribution in [0.5, 0.6) is 11.5 Å². The number of benzene rings is 2. The predicted molar refractivity (Wildman–Crippen MR) is 115 cm³/mol. The van der Waals surface area contributed by atoms with Crippen molar-refractivity contribution >= 4 is 5.91 Å². The Balaban J connectivity index is 1.67. The Morgan fingerprint density at radius 1 is 0.967 bits per heavy atom. The molecule has 1 amide bonds. The minimum atomic E-state index is -0.0933. The van der Waals surface area contributed by atoms with Crippen molar-refractivity contribution in [1.82, 2.24) is 14.7 Å². The molecule has 0 spiro atoms. The Kier molecular flexibility index (Phi) is 6.02. The van der Waals surface area contributed by atoms with E-state index in [1.807, 2.05) is 47.4 Å². The summed E-state index contributed by atoms with van der Waals surface area (Å²) in [4.78, 5) is 15.6. The molecule has 4 rings (SSSR count). The normalized spacial score (nSPS) is 16.7. The maximum Gasteiger partial charge on any atom is 0.278 e. The highest BCUT2D eigenvalue weighted by atomic mass is 16.5. The SMILES string of the molecule is COc1ccc(C2CCCCCN2C(=O)c2nn(-c3ccccc3)cc2OC)cc1. The lowest BCUT2D eigenvalue weighted by molar-refractivity contribution is 0.0671. The van der Waals surface area contributed by atoms with Crippen molar-refractivity contribution in [3.63, 3.8) is 0 Å². The number of methoxy groups -OCH3 is 2. The molecule has 30 heavy (non-hydrogen) atoms. The highest BCUT2D eigenvalue weighted by Gasteiger charge is 2.31. The molecular weight excluding hydrogens is 378 g/mol. The smallest absolute Gasteiger partial charge is 0.278 e. The number of ether oxygens (including phenoxy) is 2. The van der Waals surface area contributed by atoms with E-state index < -0.39 is 0 Å². The molecule has 2 heterocycles. The molecule has 1 fully saturated rings. The van der Waals surface area contributed by atoms with Crippen LogP contribution in [0.1, 0.15) is 47.8 Å². The Bertz CT molecular complexity index is 983. The molecule has 1 unspecified atom stereocenters. The molecule has 1 saturated heterocycles. The molecule has 2 aromatic carbocycles. The zero-order valence-corrected chi connectivity index (χ0v) is 17.5. The summed E-state index contributed by atoms with van der Waals surface area (Å²) in [6.45, 7) is 0.705. The fourth-order valence-electron chi connectivity index (χ4n) is 4.03. The van der Waals surface area contributed by atoms with E-state index in [2.05, 4.69) is 17.2 Å². The topological polar surface area (TPSA) is 56.6 Å². The molecule has 0 N–H and O–H groups in total. The first-order chi connectivity index (χ1) is 14.7. The lowest BCUT2D eigenvalue weighted by Crippen LogP contribution is -2.35. The van der Waals surface area contributed by atoms with E-state index in [0.29, 0.717) is 18.0 Å². The van der Waals surface area contributed by atoms with Gasteiger partial charge in [0, 0.05) is 6.54 Å². The van der Waals surface area contributed by atoms with Crippen LogP contribution in [-0.2, 0) is 0 Å². The average Bonchev–Trinajstić information content (AvgIpc) is 3.09. The predicted octanol–water partition coefficient (Wildman–Crippen LogP) is 4.65. The quantitative estimate of drug-likeness (QED) is 0.620. The largest absolute Gasteiger partial charge is 0.497 e. The number of carbonyl (C=O) groups excluding carboxylic acids is 1. The number of hydrogen-bond acceptors (Lipinski definition) is 4. The fraction of sp³-hybridized carbons (Fsp3) is 0.333. The summed E-state index contributed by atoms with van der Waals surface area (Å²) in [5, 5.41) is 4.59. The van der Waals surface area contributed by atoms with E-state index in [1.54, 1.807) is 25.1 Å². The molecule has 0 saturated carbocycles. The molecule has 0 radical (unpaired) electrons. The van der Waals surface area contributed by atoms with Gasteiger partial charge in [0.15, 0.2) is 11.4 Å². The van der Waals surface area contributed by atoms with Crippen LogP contribution in [0.4, 0.5) is 0 Å². The van der Waals surface area contributed by atoms with Crippen LogP contribution in [0.15, 0.2) is 60.8 Å². The molecule has 0 aliphatic carbocycles. The van der Waals surface area contributed by atoms with Gasteiger partial charge in [-0.1, -0.05) is 43.2 Å². The number of rotatable bonds is 5. The Hall–Kier alpha value is -3.28. The third-order valence-electron chi connectivity index (χ3n) is 5.64. The van der Waals surface area contributed by atoms with Crippen molar-refractivity contribution in [2.24, 2.45) is 0 Å². The number of nitrogens with zero attached hydrogens (tertiary/aromatic N) is 3. The molecule has 156 valence electrons. The number of hydrogen-bond donors (Lipinski definition) is 0. The lowest BCUT2D eigenvalue weighted by Gasteiger charge is -2.30. The Labute approximate surface area is 177 Å². The van der Waals surface area contributed by atoms with Gasteiger partial charge in [0.1, 0.15) is 5.75 Å². The third-order valence-corrected chi connectivity index (χ3v) is 5.64. The van der Waals surface area contributed by atoms with Crippen LogP contribution in [-0.4, -0.2) is 41.4 Å². The molecule has 1 aromatic heterocycles. The van der Waals surface area contributed by atoms with Gasteiger partial charge in [0.2, 0.25) is 0 Å². The molecule has 1 aliphatic heterocycles. The van der Waals surface area contributed by atoms with E-state index in [4.69, 9.17) is 9.47 Å². The molecule has 0 bridgehead atoms. The van der Waals surface area contributed by atoms with Crippen LogP contribution in [0.2, 0.25) is 0 Å². The van der Waals surface area contributed by atoms with Crippen LogP contribution in [0.25, 0.3) is 5.69 Å². The summed E-state index contributed by atoms with van der Waals surface area (Å²) in [6.07, 6.45) is 5.89. The first-order valence-corrected chi connectivity index (χ1v) is 10.3. The summed E-state index contributed by atoms with van der Waals surface area (Å²) in [6, 6.07) is 17.8. The van der Waals surface area contributed by atoms with Gasteiger partial charge in [0.25, 0.3) is 5.91 Å². The third kappa shape index (κ3) is 4.03. The number of carbonyl (C=O) groups is 1. The number of para-hydroxylation sites is 1. The summed E-state index contributed by atoms with van der Waals surface area (Å²) < 4.78 is 12.5. The monoisotopic (exact) mass is 405 g/mol. The fourth-order valence-corrected chi connectivity index (χ4v) is 4.03. The summed E-state index contributed by atoms with van der Waals surface area (Å²) >= 11 is 0. The summed E-state index contributed by atoms with van der Waals surface area (Å²) in [7, 11) is 3.23. The van der Waals surface area contributed by atoms with Crippen molar-refractivity contribution in [2.75, 3.05) is 20.8 Å². The Morgan fingerprint density at radius 2 is 1.73 bits per heavy atom. The second kappa shape index (κ2) is 9.03. The minimum Gasteiger partial charge on any atom is -0.497 e.